The summed E-state index contributed by atoms with van der Waals surface area (Å²) < 4.78 is 0. The molecule has 0 bridgehead atoms. The van der Waals surface area contributed by atoms with Crippen LogP contribution >= 0.6 is 35.0 Å². The van der Waals surface area contributed by atoms with Gasteiger partial charge in [0.1, 0.15) is 6.04 Å². The molecule has 1 atom stereocenters. The van der Waals surface area contributed by atoms with Gasteiger partial charge in [-0.2, -0.15) is 0 Å². The van der Waals surface area contributed by atoms with Crippen LogP contribution in [0, 0.1) is 12.8 Å². The highest BCUT2D eigenvalue weighted by Crippen LogP contribution is 2.25. The monoisotopic (exact) mass is 494 g/mol. The van der Waals surface area contributed by atoms with Gasteiger partial charge in [-0.1, -0.05) is 67.7 Å². The lowest BCUT2D eigenvalue weighted by Crippen LogP contribution is -2.49. The summed E-state index contributed by atoms with van der Waals surface area (Å²) in [5.41, 5.74) is 1.97. The first-order valence-corrected chi connectivity index (χ1v) is 12.7. The third-order valence-corrected chi connectivity index (χ3v) is 6.63. The van der Waals surface area contributed by atoms with Crippen LogP contribution in [-0.4, -0.2) is 35.1 Å². The lowest BCUT2D eigenvalue weighted by atomic mass is 10.1. The van der Waals surface area contributed by atoms with E-state index in [0.717, 1.165) is 10.5 Å². The molecule has 0 aliphatic heterocycles. The van der Waals surface area contributed by atoms with Crippen molar-refractivity contribution >= 4 is 46.8 Å². The number of thioether (sulfide) groups is 1. The molecule has 0 saturated heterocycles. The number of hydrogen-bond acceptors (Lipinski definition) is 3. The summed E-state index contributed by atoms with van der Waals surface area (Å²) in [5.74, 6) is 0.766. The molecule has 2 aromatic carbocycles. The van der Waals surface area contributed by atoms with Gasteiger partial charge in [0.25, 0.3) is 0 Å². The number of halogens is 2. The number of carbonyl (C=O) groups is 2. The second-order valence-corrected chi connectivity index (χ2v) is 10.2. The van der Waals surface area contributed by atoms with Crippen molar-refractivity contribution in [2.24, 2.45) is 5.92 Å². The summed E-state index contributed by atoms with van der Waals surface area (Å²) in [7, 11) is 0. The van der Waals surface area contributed by atoms with Crippen LogP contribution in [0.1, 0.15) is 44.7 Å². The Kier molecular flexibility index (Phi) is 10.9. The van der Waals surface area contributed by atoms with Gasteiger partial charge in [0.15, 0.2) is 0 Å². The molecule has 2 rings (SSSR count). The van der Waals surface area contributed by atoms with Crippen LogP contribution < -0.4 is 5.32 Å². The Morgan fingerprint density at radius 1 is 1.09 bits per heavy atom. The SMILES string of the molecule is CCC(C(=O)NCC(C)C)N(Cc1ccc(Cl)cc1Cl)C(=O)CCSc1ccc(C)cc1. The molecule has 2 amide bonds. The van der Waals surface area contributed by atoms with Crippen molar-refractivity contribution in [2.45, 2.75) is 58.0 Å². The highest BCUT2D eigenvalue weighted by atomic mass is 35.5. The molecule has 4 nitrogen and oxygen atoms in total. The minimum Gasteiger partial charge on any atom is -0.354 e. The van der Waals surface area contributed by atoms with E-state index in [1.807, 2.05) is 33.8 Å². The molecule has 0 spiro atoms. The predicted molar refractivity (Wildman–Crippen MR) is 135 cm³/mol. The van der Waals surface area contributed by atoms with E-state index in [0.29, 0.717) is 41.1 Å². The van der Waals surface area contributed by atoms with Crippen molar-refractivity contribution in [3.63, 3.8) is 0 Å². The van der Waals surface area contributed by atoms with Crippen LogP contribution in [0.25, 0.3) is 0 Å². The van der Waals surface area contributed by atoms with Gasteiger partial charge >= 0.3 is 0 Å². The lowest BCUT2D eigenvalue weighted by Gasteiger charge is -2.31. The van der Waals surface area contributed by atoms with E-state index >= 15 is 0 Å². The molecule has 174 valence electrons. The van der Waals surface area contributed by atoms with Gasteiger partial charge < -0.3 is 10.2 Å². The molecular weight excluding hydrogens is 463 g/mol. The number of nitrogens with one attached hydrogen (secondary N) is 1. The molecule has 0 radical (unpaired) electrons. The van der Waals surface area contributed by atoms with Gasteiger partial charge in [0.2, 0.25) is 11.8 Å². The molecule has 0 fully saturated rings. The van der Waals surface area contributed by atoms with E-state index in [1.165, 1.54) is 5.56 Å². The van der Waals surface area contributed by atoms with Gasteiger partial charge in [0, 0.05) is 40.2 Å². The quantitative estimate of drug-likeness (QED) is 0.369. The van der Waals surface area contributed by atoms with Crippen molar-refractivity contribution in [1.29, 1.82) is 0 Å². The number of nitrogens with zero attached hydrogens (tertiary/aromatic N) is 1. The zero-order valence-electron chi connectivity index (χ0n) is 19.2. The zero-order chi connectivity index (χ0) is 23.7. The number of rotatable bonds is 11. The zero-order valence-corrected chi connectivity index (χ0v) is 21.5. The molecule has 7 heteroatoms. The molecule has 0 saturated carbocycles. The molecule has 1 unspecified atom stereocenters. The second-order valence-electron chi connectivity index (χ2n) is 8.23. The van der Waals surface area contributed by atoms with Gasteiger partial charge in [-0.25, -0.2) is 0 Å². The smallest absolute Gasteiger partial charge is 0.242 e. The van der Waals surface area contributed by atoms with Crippen LogP contribution in [0.4, 0.5) is 0 Å². The Balaban J connectivity index is 2.15. The normalized spacial score (nSPS) is 12.0. The first-order chi connectivity index (χ1) is 15.2. The maximum atomic E-state index is 13.3. The summed E-state index contributed by atoms with van der Waals surface area (Å²) in [6.45, 7) is 8.89. The Bertz CT molecular complexity index is 903. The van der Waals surface area contributed by atoms with E-state index in [-0.39, 0.29) is 18.4 Å². The molecule has 0 heterocycles. The van der Waals surface area contributed by atoms with Gasteiger partial charge in [-0.05, 0) is 49.1 Å². The highest BCUT2D eigenvalue weighted by Gasteiger charge is 2.29. The van der Waals surface area contributed by atoms with Crippen LogP contribution in [0.15, 0.2) is 47.4 Å². The summed E-state index contributed by atoms with van der Waals surface area (Å²) in [5, 5.41) is 4.00. The average Bonchev–Trinajstić information content (AvgIpc) is 2.74. The van der Waals surface area contributed by atoms with E-state index in [1.54, 1.807) is 28.8 Å². The van der Waals surface area contributed by atoms with E-state index < -0.39 is 6.04 Å². The predicted octanol–water partition coefficient (Wildman–Crippen LogP) is 6.36. The van der Waals surface area contributed by atoms with Gasteiger partial charge in [0.05, 0.1) is 0 Å². The van der Waals surface area contributed by atoms with Crippen LogP contribution in [-0.2, 0) is 16.1 Å². The Labute approximate surface area is 206 Å². The average molecular weight is 496 g/mol. The lowest BCUT2D eigenvalue weighted by molar-refractivity contribution is -0.141. The minimum absolute atomic E-state index is 0.0674. The molecule has 32 heavy (non-hydrogen) atoms. The van der Waals surface area contributed by atoms with Crippen molar-refractivity contribution in [1.82, 2.24) is 10.2 Å². The van der Waals surface area contributed by atoms with Crippen LogP contribution in [0.3, 0.4) is 0 Å². The second kappa shape index (κ2) is 13.1. The van der Waals surface area contributed by atoms with Gasteiger partial charge in [-0.3, -0.25) is 9.59 Å². The molecule has 0 aliphatic rings. The molecular formula is C25H32Cl2N2O2S. The van der Waals surface area contributed by atoms with E-state index in [4.69, 9.17) is 23.2 Å². The summed E-state index contributed by atoms with van der Waals surface area (Å²) >= 11 is 14.0. The largest absolute Gasteiger partial charge is 0.354 e. The number of carbonyl (C=O) groups excluding carboxylic acids is 2. The third kappa shape index (κ3) is 8.34. The molecule has 1 N–H and O–H groups in total. The Morgan fingerprint density at radius 3 is 2.38 bits per heavy atom. The van der Waals surface area contributed by atoms with Crippen LogP contribution in [0.5, 0.6) is 0 Å². The van der Waals surface area contributed by atoms with Crippen molar-refractivity contribution in [3.8, 4) is 0 Å². The van der Waals surface area contributed by atoms with Crippen molar-refractivity contribution in [2.75, 3.05) is 12.3 Å². The molecule has 0 aromatic heterocycles. The number of hydrogen-bond donors (Lipinski definition) is 1. The van der Waals surface area contributed by atoms with Crippen molar-refractivity contribution in [3.05, 3.63) is 63.6 Å². The molecule has 0 aliphatic carbocycles. The van der Waals surface area contributed by atoms with E-state index in [9.17, 15) is 9.59 Å². The third-order valence-electron chi connectivity index (χ3n) is 5.03. The Hall–Kier alpha value is -1.69. The first kappa shape index (κ1) is 26.6. The number of amides is 2. The Morgan fingerprint density at radius 2 is 1.78 bits per heavy atom. The van der Waals surface area contributed by atoms with Crippen LogP contribution in [0.2, 0.25) is 10.0 Å². The highest BCUT2D eigenvalue weighted by molar-refractivity contribution is 7.99. The standard InChI is InChI=1S/C25H32Cl2N2O2S/c1-5-23(25(31)28-15-17(2)3)29(16-19-8-9-20(26)14-22(19)27)24(30)12-13-32-21-10-6-18(4)7-11-21/h6-11,14,17,23H,5,12-13,15-16H2,1-4H3,(H,28,31). The summed E-state index contributed by atoms with van der Waals surface area (Å²) in [4.78, 5) is 29.0. The fourth-order valence-corrected chi connectivity index (χ4v) is 4.52. The maximum Gasteiger partial charge on any atom is 0.242 e. The maximum absolute atomic E-state index is 13.3. The topological polar surface area (TPSA) is 49.4 Å². The number of aryl methyl sites for hydroxylation is 1. The fraction of sp³-hybridized carbons (Fsp3) is 0.440. The van der Waals surface area contributed by atoms with E-state index in [2.05, 4.69) is 29.6 Å². The van der Waals surface area contributed by atoms with Crippen molar-refractivity contribution < 1.29 is 9.59 Å². The molecule has 2 aromatic rings. The first-order valence-electron chi connectivity index (χ1n) is 10.9. The summed E-state index contributed by atoms with van der Waals surface area (Å²) in [6.07, 6.45) is 0.851. The number of benzene rings is 2. The fourth-order valence-electron chi connectivity index (χ4n) is 3.21. The van der Waals surface area contributed by atoms with Gasteiger partial charge in [-0.15, -0.1) is 11.8 Å². The summed E-state index contributed by atoms with van der Waals surface area (Å²) in [6, 6.07) is 12.9. The minimum atomic E-state index is -0.558.